The third kappa shape index (κ3) is 3.10. The van der Waals surface area contributed by atoms with Gasteiger partial charge in [0, 0.05) is 16.5 Å². The van der Waals surface area contributed by atoms with E-state index in [2.05, 4.69) is 10.3 Å². The lowest BCUT2D eigenvalue weighted by Gasteiger charge is -2.20. The first-order valence-corrected chi connectivity index (χ1v) is 8.94. The minimum atomic E-state index is -0.890. The van der Waals surface area contributed by atoms with Crippen LogP contribution in [-0.2, 0) is 4.79 Å². The van der Waals surface area contributed by atoms with E-state index in [-0.39, 0.29) is 5.37 Å². The number of nitrogens with zero attached hydrogens (tertiary/aromatic N) is 1. The van der Waals surface area contributed by atoms with E-state index >= 15 is 0 Å². The Hall–Kier alpha value is -1.15. The van der Waals surface area contributed by atoms with Gasteiger partial charge < -0.3 is 5.11 Å². The molecule has 0 bridgehead atoms. The molecule has 0 spiro atoms. The summed E-state index contributed by atoms with van der Waals surface area (Å²) in [6, 6.07) is 3.87. The molecule has 1 saturated heterocycles. The molecule has 1 aliphatic rings. The molecule has 4 nitrogen and oxygen atoms in total. The quantitative estimate of drug-likeness (QED) is 0.846. The smallest absolute Gasteiger partial charge is 0.322 e. The second-order valence-electron chi connectivity index (χ2n) is 5.70. The Morgan fingerprint density at radius 3 is 2.83 bits per heavy atom. The maximum absolute atomic E-state index is 14.0. The van der Waals surface area contributed by atoms with E-state index in [4.69, 9.17) is 11.6 Å². The number of thioether (sulfide) groups is 1. The summed E-state index contributed by atoms with van der Waals surface area (Å²) in [7, 11) is 0. The molecule has 2 unspecified atom stereocenters. The predicted octanol–water partition coefficient (Wildman–Crippen LogP) is 4.17. The largest absolute Gasteiger partial charge is 0.480 e. The molecule has 1 aromatic carbocycles. The SMILES string of the molecule is CC1(C)SC(c2ncc(-c3c(F)cccc3Cl)s2)NC1C(=O)O. The number of nitrogens with one attached hydrogen (secondary N) is 1. The monoisotopic (exact) mass is 372 g/mol. The third-order valence-electron chi connectivity index (χ3n) is 3.64. The van der Waals surface area contributed by atoms with Crippen LogP contribution in [0.1, 0.15) is 24.2 Å². The van der Waals surface area contributed by atoms with Gasteiger partial charge in [0.15, 0.2) is 0 Å². The van der Waals surface area contributed by atoms with Gasteiger partial charge >= 0.3 is 5.97 Å². The van der Waals surface area contributed by atoms with Gasteiger partial charge in [0.2, 0.25) is 0 Å². The van der Waals surface area contributed by atoms with E-state index in [9.17, 15) is 14.3 Å². The van der Waals surface area contributed by atoms with Crippen LogP contribution in [0.5, 0.6) is 0 Å². The topological polar surface area (TPSA) is 62.2 Å². The molecule has 1 aliphatic heterocycles. The zero-order chi connectivity index (χ0) is 16.8. The normalized spacial score (nSPS) is 23.1. The minimum absolute atomic E-state index is 0.240. The number of carboxylic acid groups (broad SMARTS) is 1. The molecule has 122 valence electrons. The fourth-order valence-corrected chi connectivity index (χ4v) is 5.31. The number of carboxylic acids is 1. The Morgan fingerprint density at radius 1 is 1.48 bits per heavy atom. The van der Waals surface area contributed by atoms with E-state index in [1.807, 2.05) is 13.8 Å². The molecule has 2 N–H and O–H groups in total. The van der Waals surface area contributed by atoms with Crippen molar-refractivity contribution >= 4 is 40.7 Å². The maximum atomic E-state index is 14.0. The first kappa shape index (κ1) is 16.7. The standard InChI is InChI=1S/C15H14ClFN2O2S2/c1-15(2)11(14(20)21)19-13(23-15)12-18-6-9(22-12)10-7(16)4-3-5-8(10)17/h3-6,11,13,19H,1-2H3,(H,20,21). The van der Waals surface area contributed by atoms with Crippen LogP contribution < -0.4 is 5.32 Å². The number of aliphatic carboxylic acids is 1. The molecule has 0 aliphatic carbocycles. The highest BCUT2D eigenvalue weighted by Crippen LogP contribution is 2.47. The van der Waals surface area contributed by atoms with Gasteiger partial charge in [0.25, 0.3) is 0 Å². The van der Waals surface area contributed by atoms with Crippen LogP contribution in [0.3, 0.4) is 0 Å². The first-order chi connectivity index (χ1) is 10.8. The summed E-state index contributed by atoms with van der Waals surface area (Å²) in [5, 5.41) is 13.2. The third-order valence-corrected chi connectivity index (χ3v) is 6.62. The van der Waals surface area contributed by atoms with Gasteiger partial charge in [-0.25, -0.2) is 9.37 Å². The fourth-order valence-electron chi connectivity index (χ4n) is 2.51. The van der Waals surface area contributed by atoms with Crippen LogP contribution in [0.2, 0.25) is 5.02 Å². The Morgan fingerprint density at radius 2 is 2.22 bits per heavy atom. The van der Waals surface area contributed by atoms with Gasteiger partial charge in [-0.15, -0.1) is 23.1 Å². The molecule has 2 atom stereocenters. The van der Waals surface area contributed by atoms with Crippen molar-refractivity contribution in [2.45, 2.75) is 30.0 Å². The van der Waals surface area contributed by atoms with E-state index in [0.29, 0.717) is 20.5 Å². The second kappa shape index (κ2) is 6.05. The fraction of sp³-hybridized carbons (Fsp3) is 0.333. The zero-order valence-electron chi connectivity index (χ0n) is 12.3. The molecule has 8 heteroatoms. The molecule has 0 saturated carbocycles. The Balaban J connectivity index is 1.90. The van der Waals surface area contributed by atoms with Crippen molar-refractivity contribution in [3.63, 3.8) is 0 Å². The lowest BCUT2D eigenvalue weighted by atomic mass is 10.0. The highest BCUT2D eigenvalue weighted by atomic mass is 35.5. The first-order valence-electron chi connectivity index (χ1n) is 6.86. The van der Waals surface area contributed by atoms with E-state index in [0.717, 1.165) is 0 Å². The summed E-state index contributed by atoms with van der Waals surface area (Å²) in [4.78, 5) is 16.3. The van der Waals surface area contributed by atoms with Crippen molar-refractivity contribution in [1.29, 1.82) is 0 Å². The molecule has 23 heavy (non-hydrogen) atoms. The summed E-state index contributed by atoms with van der Waals surface area (Å²) < 4.78 is 13.5. The lowest BCUT2D eigenvalue weighted by molar-refractivity contribution is -0.139. The number of hydrogen-bond donors (Lipinski definition) is 2. The summed E-state index contributed by atoms with van der Waals surface area (Å²) >= 11 is 8.90. The highest BCUT2D eigenvalue weighted by Gasteiger charge is 2.46. The zero-order valence-corrected chi connectivity index (χ0v) is 14.7. The van der Waals surface area contributed by atoms with Crippen molar-refractivity contribution < 1.29 is 14.3 Å². The molecule has 2 heterocycles. The van der Waals surface area contributed by atoms with Crippen LogP contribution >= 0.6 is 34.7 Å². The van der Waals surface area contributed by atoms with Crippen molar-refractivity contribution in [1.82, 2.24) is 10.3 Å². The number of aromatic nitrogens is 1. The van der Waals surface area contributed by atoms with Gasteiger partial charge in [-0.3, -0.25) is 10.1 Å². The summed E-state index contributed by atoms with van der Waals surface area (Å²) in [5.41, 5.74) is 0.329. The Kier molecular flexibility index (Phi) is 4.39. The average molecular weight is 373 g/mol. The van der Waals surface area contributed by atoms with Crippen LogP contribution in [0, 0.1) is 5.82 Å². The van der Waals surface area contributed by atoms with Gasteiger partial charge in [-0.05, 0) is 26.0 Å². The lowest BCUT2D eigenvalue weighted by Crippen LogP contribution is -2.43. The molecular weight excluding hydrogens is 359 g/mol. The minimum Gasteiger partial charge on any atom is -0.480 e. The number of rotatable bonds is 3. The Bertz CT molecular complexity index is 745. The number of hydrogen-bond acceptors (Lipinski definition) is 5. The highest BCUT2D eigenvalue weighted by molar-refractivity contribution is 8.01. The molecule has 0 amide bonds. The van der Waals surface area contributed by atoms with Gasteiger partial charge in [0.1, 0.15) is 22.2 Å². The Labute approximate surface area is 146 Å². The number of carbonyl (C=O) groups is 1. The average Bonchev–Trinajstić information content (AvgIpc) is 3.03. The number of thiazole rings is 1. The molecule has 2 aromatic rings. The van der Waals surface area contributed by atoms with E-state index < -0.39 is 22.6 Å². The van der Waals surface area contributed by atoms with Crippen molar-refractivity contribution in [2.24, 2.45) is 0 Å². The summed E-state index contributed by atoms with van der Waals surface area (Å²) in [6.07, 6.45) is 1.58. The number of halogens is 2. The predicted molar refractivity (Wildman–Crippen MR) is 91.5 cm³/mol. The molecule has 1 fully saturated rings. The summed E-state index contributed by atoms with van der Waals surface area (Å²) in [5.74, 6) is -1.29. The van der Waals surface area contributed by atoms with Crippen LogP contribution in [0.15, 0.2) is 24.4 Å². The molecule has 1 aromatic heterocycles. The van der Waals surface area contributed by atoms with Crippen molar-refractivity contribution in [3.05, 3.63) is 40.2 Å². The van der Waals surface area contributed by atoms with Crippen LogP contribution in [-0.4, -0.2) is 26.8 Å². The molecule has 0 radical (unpaired) electrons. The van der Waals surface area contributed by atoms with Crippen molar-refractivity contribution in [3.8, 4) is 10.4 Å². The van der Waals surface area contributed by atoms with Crippen molar-refractivity contribution in [2.75, 3.05) is 0 Å². The van der Waals surface area contributed by atoms with E-state index in [1.54, 1.807) is 18.3 Å². The number of benzene rings is 1. The van der Waals surface area contributed by atoms with Crippen LogP contribution in [0.4, 0.5) is 4.39 Å². The summed E-state index contributed by atoms with van der Waals surface area (Å²) in [6.45, 7) is 3.76. The molecule has 3 rings (SSSR count). The van der Waals surface area contributed by atoms with Crippen LogP contribution in [0.25, 0.3) is 10.4 Å². The second-order valence-corrected chi connectivity index (χ2v) is 8.93. The van der Waals surface area contributed by atoms with Gasteiger partial charge in [0.05, 0.1) is 9.90 Å². The van der Waals surface area contributed by atoms with E-state index in [1.165, 1.54) is 29.2 Å². The van der Waals surface area contributed by atoms with Gasteiger partial charge in [-0.1, -0.05) is 17.7 Å². The maximum Gasteiger partial charge on any atom is 0.322 e. The van der Waals surface area contributed by atoms with Gasteiger partial charge in [-0.2, -0.15) is 0 Å². The molecular formula is C15H14ClFN2O2S2.